The molecular formula is C18H19N3O2. The van der Waals surface area contributed by atoms with Crippen molar-refractivity contribution in [1.82, 2.24) is 14.8 Å². The summed E-state index contributed by atoms with van der Waals surface area (Å²) in [6.45, 7) is 1.08. The van der Waals surface area contributed by atoms with Crippen molar-refractivity contribution in [2.24, 2.45) is 7.05 Å². The second kappa shape index (κ2) is 7.07. The molecule has 0 saturated carbocycles. The van der Waals surface area contributed by atoms with Crippen LogP contribution in [0.2, 0.25) is 0 Å². The van der Waals surface area contributed by atoms with Crippen molar-refractivity contribution in [2.45, 2.75) is 0 Å². The number of para-hydroxylation sites is 1. The summed E-state index contributed by atoms with van der Waals surface area (Å²) in [5.74, 6) is 0.834. The van der Waals surface area contributed by atoms with Crippen molar-refractivity contribution in [3.8, 4) is 28.1 Å². The summed E-state index contributed by atoms with van der Waals surface area (Å²) >= 11 is 0. The third-order valence-corrected chi connectivity index (χ3v) is 3.51. The SMILES string of the molecule is COCCOc1ccccc1-c1ccc(-c2cnn(C)c2)nc1. The molecule has 0 aliphatic rings. The maximum Gasteiger partial charge on any atom is 0.127 e. The highest BCUT2D eigenvalue weighted by molar-refractivity contribution is 5.71. The zero-order valence-electron chi connectivity index (χ0n) is 13.3. The van der Waals surface area contributed by atoms with Crippen LogP contribution in [0.15, 0.2) is 55.0 Å². The zero-order valence-corrected chi connectivity index (χ0v) is 13.3. The smallest absolute Gasteiger partial charge is 0.127 e. The molecule has 3 aromatic rings. The minimum absolute atomic E-state index is 0.523. The van der Waals surface area contributed by atoms with E-state index in [4.69, 9.17) is 9.47 Å². The molecular weight excluding hydrogens is 290 g/mol. The molecule has 23 heavy (non-hydrogen) atoms. The first-order valence-corrected chi connectivity index (χ1v) is 7.44. The number of methoxy groups -OCH3 is 1. The van der Waals surface area contributed by atoms with Gasteiger partial charge >= 0.3 is 0 Å². The quantitative estimate of drug-likeness (QED) is 0.656. The van der Waals surface area contributed by atoms with E-state index >= 15 is 0 Å². The fourth-order valence-corrected chi connectivity index (χ4v) is 2.34. The number of hydrogen-bond acceptors (Lipinski definition) is 4. The Morgan fingerprint density at radius 1 is 1.00 bits per heavy atom. The van der Waals surface area contributed by atoms with Crippen LogP contribution in [-0.2, 0) is 11.8 Å². The monoisotopic (exact) mass is 309 g/mol. The Morgan fingerprint density at radius 3 is 2.57 bits per heavy atom. The summed E-state index contributed by atoms with van der Waals surface area (Å²) in [4.78, 5) is 4.54. The summed E-state index contributed by atoms with van der Waals surface area (Å²) in [6.07, 6.45) is 5.62. The first-order valence-electron chi connectivity index (χ1n) is 7.44. The second-order valence-corrected chi connectivity index (χ2v) is 5.17. The summed E-state index contributed by atoms with van der Waals surface area (Å²) in [7, 11) is 3.56. The first kappa shape index (κ1) is 15.2. The fraction of sp³-hybridized carbons (Fsp3) is 0.222. The van der Waals surface area contributed by atoms with E-state index in [9.17, 15) is 0 Å². The zero-order chi connectivity index (χ0) is 16.1. The summed E-state index contributed by atoms with van der Waals surface area (Å²) in [5, 5.41) is 4.17. The van der Waals surface area contributed by atoms with Gasteiger partial charge in [0.15, 0.2) is 0 Å². The van der Waals surface area contributed by atoms with Gasteiger partial charge in [0.2, 0.25) is 0 Å². The first-order chi connectivity index (χ1) is 11.3. The van der Waals surface area contributed by atoms with Gasteiger partial charge < -0.3 is 9.47 Å². The predicted molar refractivity (Wildman–Crippen MR) is 89.2 cm³/mol. The lowest BCUT2D eigenvalue weighted by Gasteiger charge is -2.11. The van der Waals surface area contributed by atoms with E-state index in [2.05, 4.69) is 10.1 Å². The van der Waals surface area contributed by atoms with Crippen molar-refractivity contribution in [3.63, 3.8) is 0 Å². The van der Waals surface area contributed by atoms with E-state index < -0.39 is 0 Å². The Hall–Kier alpha value is -2.66. The van der Waals surface area contributed by atoms with Gasteiger partial charge in [0.25, 0.3) is 0 Å². The molecule has 118 valence electrons. The summed E-state index contributed by atoms with van der Waals surface area (Å²) < 4.78 is 12.6. The number of pyridine rings is 1. The van der Waals surface area contributed by atoms with E-state index in [1.165, 1.54) is 0 Å². The van der Waals surface area contributed by atoms with Crippen molar-refractivity contribution < 1.29 is 9.47 Å². The van der Waals surface area contributed by atoms with Crippen LogP contribution in [0.1, 0.15) is 0 Å². The van der Waals surface area contributed by atoms with E-state index in [0.717, 1.165) is 28.1 Å². The topological polar surface area (TPSA) is 49.2 Å². The molecule has 0 fully saturated rings. The Morgan fingerprint density at radius 2 is 1.87 bits per heavy atom. The number of hydrogen-bond donors (Lipinski definition) is 0. The number of nitrogens with zero attached hydrogens (tertiary/aromatic N) is 3. The molecule has 2 heterocycles. The maximum absolute atomic E-state index is 5.78. The van der Waals surface area contributed by atoms with Crippen LogP contribution in [0.4, 0.5) is 0 Å². The number of aryl methyl sites for hydroxylation is 1. The molecule has 0 amide bonds. The van der Waals surface area contributed by atoms with E-state index in [1.807, 2.05) is 62.0 Å². The van der Waals surface area contributed by atoms with Crippen LogP contribution < -0.4 is 4.74 Å². The minimum Gasteiger partial charge on any atom is -0.491 e. The average Bonchev–Trinajstić information content (AvgIpc) is 3.02. The minimum atomic E-state index is 0.523. The molecule has 5 nitrogen and oxygen atoms in total. The molecule has 1 aromatic carbocycles. The lowest BCUT2D eigenvalue weighted by molar-refractivity contribution is 0.146. The Bertz CT molecular complexity index is 766. The number of benzene rings is 1. The van der Waals surface area contributed by atoms with Crippen LogP contribution in [0.25, 0.3) is 22.4 Å². The van der Waals surface area contributed by atoms with Gasteiger partial charge in [0.05, 0.1) is 18.5 Å². The van der Waals surface area contributed by atoms with Gasteiger partial charge in [-0.1, -0.05) is 24.3 Å². The Balaban J connectivity index is 1.84. The lowest BCUT2D eigenvalue weighted by atomic mass is 10.1. The molecule has 0 N–H and O–H groups in total. The molecule has 2 aromatic heterocycles. The second-order valence-electron chi connectivity index (χ2n) is 5.17. The molecule has 0 radical (unpaired) electrons. The van der Waals surface area contributed by atoms with Crippen molar-refractivity contribution in [2.75, 3.05) is 20.3 Å². The van der Waals surface area contributed by atoms with Crippen molar-refractivity contribution in [3.05, 3.63) is 55.0 Å². The van der Waals surface area contributed by atoms with Gasteiger partial charge in [-0.15, -0.1) is 0 Å². The van der Waals surface area contributed by atoms with Crippen LogP contribution in [0.3, 0.4) is 0 Å². The van der Waals surface area contributed by atoms with Crippen LogP contribution in [0.5, 0.6) is 5.75 Å². The van der Waals surface area contributed by atoms with Crippen LogP contribution >= 0.6 is 0 Å². The van der Waals surface area contributed by atoms with E-state index in [0.29, 0.717) is 13.2 Å². The number of ether oxygens (including phenoxy) is 2. The number of rotatable bonds is 6. The summed E-state index contributed by atoms with van der Waals surface area (Å²) in [6, 6.07) is 12.0. The molecule has 5 heteroatoms. The molecule has 0 aliphatic carbocycles. The van der Waals surface area contributed by atoms with Crippen LogP contribution in [0, 0.1) is 0 Å². The van der Waals surface area contributed by atoms with Gasteiger partial charge in [-0.25, -0.2) is 0 Å². The standard InChI is InChI=1S/C18H19N3O2/c1-21-13-15(12-20-21)17-8-7-14(11-19-17)16-5-3-4-6-18(16)23-10-9-22-2/h3-8,11-13H,9-10H2,1-2H3. The van der Waals surface area contributed by atoms with Gasteiger partial charge in [-0.2, -0.15) is 5.10 Å². The van der Waals surface area contributed by atoms with Crippen molar-refractivity contribution >= 4 is 0 Å². The third kappa shape index (κ3) is 3.57. The fourth-order valence-electron chi connectivity index (χ4n) is 2.34. The summed E-state index contributed by atoms with van der Waals surface area (Å²) in [5.41, 5.74) is 3.95. The highest BCUT2D eigenvalue weighted by Crippen LogP contribution is 2.30. The molecule has 0 atom stereocenters. The number of aromatic nitrogens is 3. The molecule has 0 saturated heterocycles. The molecule has 0 bridgehead atoms. The van der Waals surface area contributed by atoms with Gasteiger partial charge in [0.1, 0.15) is 12.4 Å². The Labute approximate surface area is 135 Å². The van der Waals surface area contributed by atoms with Crippen molar-refractivity contribution in [1.29, 1.82) is 0 Å². The maximum atomic E-state index is 5.78. The lowest BCUT2D eigenvalue weighted by Crippen LogP contribution is -2.05. The Kier molecular flexibility index (Phi) is 4.68. The average molecular weight is 309 g/mol. The predicted octanol–water partition coefficient (Wildman–Crippen LogP) is 3.17. The van der Waals surface area contributed by atoms with Crippen LogP contribution in [-0.4, -0.2) is 35.1 Å². The molecule has 0 unspecified atom stereocenters. The van der Waals surface area contributed by atoms with Gasteiger partial charge in [-0.05, 0) is 12.1 Å². The molecule has 0 spiro atoms. The highest BCUT2D eigenvalue weighted by Gasteiger charge is 2.08. The van der Waals surface area contributed by atoms with E-state index in [1.54, 1.807) is 11.8 Å². The van der Waals surface area contributed by atoms with Gasteiger partial charge in [0, 0.05) is 43.2 Å². The third-order valence-electron chi connectivity index (χ3n) is 3.51. The molecule has 0 aliphatic heterocycles. The normalized spacial score (nSPS) is 10.7. The highest BCUT2D eigenvalue weighted by atomic mass is 16.5. The molecule has 3 rings (SSSR count). The van der Waals surface area contributed by atoms with E-state index in [-0.39, 0.29) is 0 Å². The van der Waals surface area contributed by atoms with Gasteiger partial charge in [-0.3, -0.25) is 9.67 Å². The largest absolute Gasteiger partial charge is 0.491 e.